The van der Waals surface area contributed by atoms with Crippen molar-refractivity contribution in [1.82, 2.24) is 15.2 Å². The molecule has 1 heterocycles. The second-order valence-corrected chi connectivity index (χ2v) is 7.28. The molecule has 29 heavy (non-hydrogen) atoms. The van der Waals surface area contributed by atoms with Crippen LogP contribution in [-0.2, 0) is 11.4 Å². The first-order valence-electron chi connectivity index (χ1n) is 8.38. The fraction of sp³-hybridized carbons (Fsp3) is 0.167. The number of nitrogens with one attached hydrogen (secondary N) is 2. The minimum atomic E-state index is -0.485. The van der Waals surface area contributed by atoms with E-state index in [1.54, 1.807) is 43.3 Å². The summed E-state index contributed by atoms with van der Waals surface area (Å²) >= 11 is 6.96. The van der Waals surface area contributed by atoms with E-state index in [0.29, 0.717) is 33.0 Å². The van der Waals surface area contributed by atoms with Crippen molar-refractivity contribution in [3.8, 4) is 5.75 Å². The van der Waals surface area contributed by atoms with E-state index in [9.17, 15) is 14.9 Å². The number of H-pyrrole nitrogens is 1. The van der Waals surface area contributed by atoms with Crippen LogP contribution in [0.3, 0.4) is 0 Å². The van der Waals surface area contributed by atoms with Crippen LogP contribution in [0.2, 0.25) is 5.02 Å². The third kappa shape index (κ3) is 5.93. The Kier molecular flexibility index (Phi) is 6.68. The van der Waals surface area contributed by atoms with E-state index in [2.05, 4.69) is 20.5 Å². The molecule has 1 aromatic heterocycles. The van der Waals surface area contributed by atoms with Crippen LogP contribution in [0, 0.1) is 17.0 Å². The molecule has 0 saturated carbocycles. The van der Waals surface area contributed by atoms with Crippen LogP contribution >= 0.6 is 23.4 Å². The van der Waals surface area contributed by atoms with E-state index in [1.165, 1.54) is 6.07 Å². The van der Waals surface area contributed by atoms with Crippen molar-refractivity contribution < 1.29 is 14.5 Å². The Morgan fingerprint density at radius 2 is 2.07 bits per heavy atom. The lowest BCUT2D eigenvalue weighted by atomic mass is 10.2. The Morgan fingerprint density at radius 1 is 1.31 bits per heavy atom. The molecule has 0 saturated heterocycles. The van der Waals surface area contributed by atoms with Gasteiger partial charge in [-0.15, -0.1) is 5.10 Å². The van der Waals surface area contributed by atoms with Gasteiger partial charge in [0.15, 0.2) is 5.82 Å². The number of nitro benzene ring substituents is 1. The van der Waals surface area contributed by atoms with Gasteiger partial charge in [0.1, 0.15) is 12.4 Å². The normalized spacial score (nSPS) is 10.6. The first kappa shape index (κ1) is 20.6. The first-order chi connectivity index (χ1) is 13.9. The summed E-state index contributed by atoms with van der Waals surface area (Å²) in [6.07, 6.45) is 0. The standard InChI is InChI=1S/C18H16ClN5O4S/c1-11-2-5-13(8-15(11)24(26)27)20-17(25)10-29-18-21-16(22-23-18)9-28-14-6-3-12(19)4-7-14/h2-8H,9-10H2,1H3,(H,20,25)(H,21,22,23). The highest BCUT2D eigenvalue weighted by atomic mass is 35.5. The van der Waals surface area contributed by atoms with Crippen molar-refractivity contribution in [2.45, 2.75) is 18.7 Å². The van der Waals surface area contributed by atoms with E-state index < -0.39 is 4.92 Å². The molecular weight excluding hydrogens is 418 g/mol. The van der Waals surface area contributed by atoms with E-state index in [4.69, 9.17) is 16.3 Å². The Labute approximate surface area is 175 Å². The smallest absolute Gasteiger partial charge is 0.274 e. The van der Waals surface area contributed by atoms with Crippen LogP contribution in [0.1, 0.15) is 11.4 Å². The summed E-state index contributed by atoms with van der Waals surface area (Å²) in [6, 6.07) is 11.5. The Hall–Kier alpha value is -3.11. The summed E-state index contributed by atoms with van der Waals surface area (Å²) in [5.74, 6) is 0.886. The number of nitro groups is 1. The number of halogens is 1. The number of carbonyl (C=O) groups is 1. The number of ether oxygens (including phenoxy) is 1. The summed E-state index contributed by atoms with van der Waals surface area (Å²) in [6.45, 7) is 1.82. The van der Waals surface area contributed by atoms with Gasteiger partial charge in [0.2, 0.25) is 11.1 Å². The number of hydrogen-bond donors (Lipinski definition) is 2. The number of aromatic nitrogens is 3. The number of amides is 1. The van der Waals surface area contributed by atoms with Crippen LogP contribution in [0.15, 0.2) is 47.6 Å². The number of thioether (sulfide) groups is 1. The van der Waals surface area contributed by atoms with Gasteiger partial charge in [0, 0.05) is 22.3 Å². The second-order valence-electron chi connectivity index (χ2n) is 5.90. The summed E-state index contributed by atoms with van der Waals surface area (Å²) < 4.78 is 5.57. The van der Waals surface area contributed by atoms with Gasteiger partial charge in [-0.05, 0) is 37.3 Å². The highest BCUT2D eigenvalue weighted by Crippen LogP contribution is 2.23. The van der Waals surface area contributed by atoms with Crippen molar-refractivity contribution in [3.63, 3.8) is 0 Å². The molecule has 0 aliphatic rings. The highest BCUT2D eigenvalue weighted by Gasteiger charge is 2.13. The van der Waals surface area contributed by atoms with E-state index in [1.807, 2.05) is 0 Å². The molecule has 0 fully saturated rings. The third-order valence-corrected chi connectivity index (χ3v) is 4.82. The molecule has 2 aromatic carbocycles. The summed E-state index contributed by atoms with van der Waals surface area (Å²) in [5.41, 5.74) is 0.839. The molecule has 0 atom stereocenters. The first-order valence-corrected chi connectivity index (χ1v) is 9.74. The Morgan fingerprint density at radius 3 is 2.79 bits per heavy atom. The molecule has 0 spiro atoms. The number of aryl methyl sites for hydroxylation is 1. The number of benzene rings is 2. The van der Waals surface area contributed by atoms with Gasteiger partial charge >= 0.3 is 0 Å². The zero-order valence-corrected chi connectivity index (χ0v) is 16.8. The van der Waals surface area contributed by atoms with Crippen molar-refractivity contribution >= 4 is 40.6 Å². The van der Waals surface area contributed by atoms with Gasteiger partial charge in [0.05, 0.1) is 10.7 Å². The molecule has 0 bridgehead atoms. The molecular formula is C18H16ClN5O4S. The summed E-state index contributed by atoms with van der Waals surface area (Å²) in [4.78, 5) is 26.8. The Bertz CT molecular complexity index is 1030. The Balaban J connectivity index is 1.49. The predicted molar refractivity (Wildman–Crippen MR) is 109 cm³/mol. The van der Waals surface area contributed by atoms with E-state index in [-0.39, 0.29) is 24.0 Å². The number of carbonyl (C=O) groups excluding carboxylic acids is 1. The molecule has 1 amide bonds. The number of anilines is 1. The maximum Gasteiger partial charge on any atom is 0.274 e. The quantitative estimate of drug-likeness (QED) is 0.313. The molecule has 3 rings (SSSR count). The zero-order valence-electron chi connectivity index (χ0n) is 15.2. The average molecular weight is 434 g/mol. The van der Waals surface area contributed by atoms with Crippen LogP contribution in [0.4, 0.5) is 11.4 Å². The van der Waals surface area contributed by atoms with Crippen LogP contribution in [0.25, 0.3) is 0 Å². The minimum absolute atomic E-state index is 0.0465. The highest BCUT2D eigenvalue weighted by molar-refractivity contribution is 7.99. The fourth-order valence-electron chi connectivity index (χ4n) is 2.30. The lowest BCUT2D eigenvalue weighted by molar-refractivity contribution is -0.385. The van der Waals surface area contributed by atoms with Crippen molar-refractivity contribution in [3.05, 3.63) is 69.0 Å². The monoisotopic (exact) mass is 433 g/mol. The lowest BCUT2D eigenvalue weighted by Crippen LogP contribution is -2.14. The molecule has 150 valence electrons. The third-order valence-electron chi connectivity index (χ3n) is 3.72. The molecule has 2 N–H and O–H groups in total. The summed E-state index contributed by atoms with van der Waals surface area (Å²) in [5, 5.41) is 21.4. The molecule has 0 unspecified atom stereocenters. The van der Waals surface area contributed by atoms with Gasteiger partial charge in [-0.25, -0.2) is 4.98 Å². The number of hydrogen-bond acceptors (Lipinski definition) is 7. The summed E-state index contributed by atoms with van der Waals surface area (Å²) in [7, 11) is 0. The number of nitrogens with zero attached hydrogens (tertiary/aromatic N) is 3. The number of rotatable bonds is 8. The maximum absolute atomic E-state index is 12.1. The topological polar surface area (TPSA) is 123 Å². The lowest BCUT2D eigenvalue weighted by Gasteiger charge is -2.05. The van der Waals surface area contributed by atoms with Crippen LogP contribution in [0.5, 0.6) is 5.75 Å². The van der Waals surface area contributed by atoms with Gasteiger partial charge in [-0.2, -0.15) is 0 Å². The molecule has 11 heteroatoms. The van der Waals surface area contributed by atoms with Crippen LogP contribution < -0.4 is 10.1 Å². The number of aromatic amines is 1. The van der Waals surface area contributed by atoms with Gasteiger partial charge in [0.25, 0.3) is 5.69 Å². The molecule has 3 aromatic rings. The fourth-order valence-corrected chi connectivity index (χ4v) is 3.04. The molecule has 9 nitrogen and oxygen atoms in total. The average Bonchev–Trinajstić information content (AvgIpc) is 3.15. The maximum atomic E-state index is 12.1. The second kappa shape index (κ2) is 9.39. The van der Waals surface area contributed by atoms with Crippen LogP contribution in [-0.4, -0.2) is 31.8 Å². The van der Waals surface area contributed by atoms with E-state index >= 15 is 0 Å². The SMILES string of the molecule is Cc1ccc(NC(=O)CSc2n[nH]c(COc3ccc(Cl)cc3)n2)cc1[N+](=O)[O-]. The van der Waals surface area contributed by atoms with Crippen molar-refractivity contribution in [1.29, 1.82) is 0 Å². The van der Waals surface area contributed by atoms with Crippen molar-refractivity contribution in [2.24, 2.45) is 0 Å². The predicted octanol–water partition coefficient (Wildman–Crippen LogP) is 3.98. The molecule has 0 radical (unpaired) electrons. The van der Waals surface area contributed by atoms with Crippen molar-refractivity contribution in [2.75, 3.05) is 11.1 Å². The largest absolute Gasteiger partial charge is 0.486 e. The van der Waals surface area contributed by atoms with Gasteiger partial charge in [-0.3, -0.25) is 20.0 Å². The minimum Gasteiger partial charge on any atom is -0.486 e. The molecule has 0 aliphatic carbocycles. The zero-order chi connectivity index (χ0) is 20.8. The molecule has 0 aliphatic heterocycles. The van der Waals surface area contributed by atoms with Gasteiger partial charge < -0.3 is 10.1 Å². The van der Waals surface area contributed by atoms with E-state index in [0.717, 1.165) is 11.8 Å². The van der Waals surface area contributed by atoms with Gasteiger partial charge in [-0.1, -0.05) is 29.4 Å².